The second-order valence-corrected chi connectivity index (χ2v) is 7.03. The van der Waals surface area contributed by atoms with Crippen molar-refractivity contribution < 1.29 is 0 Å². The molecule has 0 saturated carbocycles. The summed E-state index contributed by atoms with van der Waals surface area (Å²) in [6.45, 7) is 6.34. The van der Waals surface area contributed by atoms with Crippen molar-refractivity contribution in [3.05, 3.63) is 53.2 Å². The van der Waals surface area contributed by atoms with Crippen LogP contribution in [0.1, 0.15) is 44.5 Å². The number of rotatable bonds is 8. The van der Waals surface area contributed by atoms with E-state index in [1.54, 1.807) is 11.3 Å². The molecule has 1 aromatic carbocycles. The van der Waals surface area contributed by atoms with Crippen LogP contribution in [0.2, 0.25) is 0 Å². The molecule has 3 aromatic rings. The van der Waals surface area contributed by atoms with Gasteiger partial charge in [-0.1, -0.05) is 50.6 Å². The molecule has 0 atom stereocenters. The van der Waals surface area contributed by atoms with Crippen molar-refractivity contribution in [1.82, 2.24) is 9.97 Å². The van der Waals surface area contributed by atoms with Crippen molar-refractivity contribution in [2.24, 2.45) is 0 Å². The topological polar surface area (TPSA) is 29.0 Å². The van der Waals surface area contributed by atoms with Crippen molar-refractivity contribution in [1.29, 1.82) is 0 Å². The first-order valence-electron chi connectivity index (χ1n) is 8.84. The summed E-state index contributed by atoms with van der Waals surface area (Å²) < 4.78 is 1.21. The van der Waals surface area contributed by atoms with E-state index < -0.39 is 0 Å². The highest BCUT2D eigenvalue weighted by Crippen LogP contribution is 2.30. The van der Waals surface area contributed by atoms with Gasteiger partial charge in [0.1, 0.15) is 5.82 Å². The van der Waals surface area contributed by atoms with Crippen LogP contribution >= 0.6 is 11.3 Å². The van der Waals surface area contributed by atoms with Gasteiger partial charge in [-0.2, -0.15) is 0 Å². The monoisotopic (exact) mass is 339 g/mol. The lowest BCUT2D eigenvalue weighted by Crippen LogP contribution is -2.25. The lowest BCUT2D eigenvalue weighted by molar-refractivity contribution is 0.731. The number of nitrogens with zero attached hydrogens (tertiary/aromatic N) is 3. The molecule has 4 heteroatoms. The Labute approximate surface area is 148 Å². The Balaban J connectivity index is 1.97. The second kappa shape index (κ2) is 8.25. The summed E-state index contributed by atoms with van der Waals surface area (Å²) in [7, 11) is 0. The predicted molar refractivity (Wildman–Crippen MR) is 104 cm³/mol. The van der Waals surface area contributed by atoms with E-state index in [1.165, 1.54) is 16.7 Å². The van der Waals surface area contributed by atoms with Gasteiger partial charge in [0.15, 0.2) is 5.82 Å². The maximum Gasteiger partial charge on any atom is 0.150 e. The molecule has 2 heterocycles. The molecule has 126 valence electrons. The molecule has 24 heavy (non-hydrogen) atoms. The Morgan fingerprint density at radius 2 is 1.83 bits per heavy atom. The van der Waals surface area contributed by atoms with E-state index in [9.17, 15) is 0 Å². The third kappa shape index (κ3) is 3.93. The van der Waals surface area contributed by atoms with Crippen LogP contribution in [0.4, 0.5) is 5.82 Å². The Kier molecular flexibility index (Phi) is 5.81. The van der Waals surface area contributed by atoms with Crippen LogP contribution in [-0.2, 0) is 13.0 Å². The number of anilines is 1. The predicted octanol–water partition coefficient (Wildman–Crippen LogP) is 5.45. The van der Waals surface area contributed by atoms with Gasteiger partial charge in [-0.05, 0) is 29.9 Å². The van der Waals surface area contributed by atoms with Gasteiger partial charge in [0, 0.05) is 19.5 Å². The van der Waals surface area contributed by atoms with E-state index in [2.05, 4.69) is 60.5 Å². The lowest BCUT2D eigenvalue weighted by Gasteiger charge is -2.24. The van der Waals surface area contributed by atoms with Crippen LogP contribution in [0.25, 0.3) is 10.2 Å². The summed E-state index contributed by atoms with van der Waals surface area (Å²) in [4.78, 5) is 12.1. The Bertz CT molecular complexity index is 767. The fourth-order valence-corrected chi connectivity index (χ4v) is 3.74. The summed E-state index contributed by atoms with van der Waals surface area (Å²) in [5, 5.41) is 2.12. The highest BCUT2D eigenvalue weighted by atomic mass is 32.1. The molecule has 0 aliphatic rings. The van der Waals surface area contributed by atoms with Gasteiger partial charge in [-0.15, -0.1) is 11.3 Å². The van der Waals surface area contributed by atoms with Gasteiger partial charge in [-0.25, -0.2) is 9.97 Å². The Morgan fingerprint density at radius 3 is 2.58 bits per heavy atom. The molecule has 0 aliphatic heterocycles. The standard InChI is InChI=1S/C20H25N3S/c1-3-5-11-18-21-17-12-14-24-19(17)20(22-18)23(13-4-2)15-16-9-7-6-8-10-16/h6-10,12,14H,3-5,11,13,15H2,1-2H3. The zero-order valence-corrected chi connectivity index (χ0v) is 15.4. The second-order valence-electron chi connectivity index (χ2n) is 6.11. The van der Waals surface area contributed by atoms with Crippen molar-refractivity contribution in [2.75, 3.05) is 11.4 Å². The first-order valence-corrected chi connectivity index (χ1v) is 9.72. The van der Waals surface area contributed by atoms with E-state index >= 15 is 0 Å². The van der Waals surface area contributed by atoms with E-state index in [0.717, 1.165) is 49.5 Å². The number of hydrogen-bond donors (Lipinski definition) is 0. The number of unbranched alkanes of at least 4 members (excludes halogenated alkanes) is 1. The third-order valence-electron chi connectivity index (χ3n) is 4.10. The number of thiophene rings is 1. The van der Waals surface area contributed by atoms with Gasteiger partial charge in [-0.3, -0.25) is 0 Å². The van der Waals surface area contributed by atoms with Crippen molar-refractivity contribution >= 4 is 27.4 Å². The molecule has 2 aromatic heterocycles. The molecule has 0 radical (unpaired) electrons. The van der Waals surface area contributed by atoms with Crippen molar-refractivity contribution in [3.8, 4) is 0 Å². The highest BCUT2D eigenvalue weighted by molar-refractivity contribution is 7.17. The summed E-state index contributed by atoms with van der Waals surface area (Å²) >= 11 is 1.74. The fourth-order valence-electron chi connectivity index (χ4n) is 2.89. The van der Waals surface area contributed by atoms with Crippen molar-refractivity contribution in [2.45, 2.75) is 46.1 Å². The fraction of sp³-hybridized carbons (Fsp3) is 0.400. The quantitative estimate of drug-likeness (QED) is 0.546. The van der Waals surface area contributed by atoms with Crippen LogP contribution in [0.15, 0.2) is 41.8 Å². The smallest absolute Gasteiger partial charge is 0.150 e. The molecule has 0 fully saturated rings. The minimum Gasteiger partial charge on any atom is -0.351 e. The van der Waals surface area contributed by atoms with E-state index in [0.29, 0.717) is 0 Å². The van der Waals surface area contributed by atoms with Crippen LogP contribution in [0.3, 0.4) is 0 Å². The third-order valence-corrected chi connectivity index (χ3v) is 4.99. The maximum atomic E-state index is 4.95. The van der Waals surface area contributed by atoms with Crippen molar-refractivity contribution in [3.63, 3.8) is 0 Å². The lowest BCUT2D eigenvalue weighted by atomic mass is 10.2. The largest absolute Gasteiger partial charge is 0.351 e. The number of fused-ring (bicyclic) bond motifs is 1. The average molecular weight is 340 g/mol. The zero-order valence-electron chi connectivity index (χ0n) is 14.5. The summed E-state index contributed by atoms with van der Waals surface area (Å²) in [5.41, 5.74) is 2.41. The van der Waals surface area contributed by atoms with Crippen LogP contribution in [0, 0.1) is 0 Å². The number of benzene rings is 1. The average Bonchev–Trinajstić information content (AvgIpc) is 3.08. The van der Waals surface area contributed by atoms with E-state index in [1.807, 2.05) is 0 Å². The number of hydrogen-bond acceptors (Lipinski definition) is 4. The molecule has 3 rings (SSSR count). The molecule has 0 spiro atoms. The molecule has 0 unspecified atom stereocenters. The van der Waals surface area contributed by atoms with Gasteiger partial charge in [0.25, 0.3) is 0 Å². The highest BCUT2D eigenvalue weighted by Gasteiger charge is 2.15. The number of aromatic nitrogens is 2. The van der Waals surface area contributed by atoms with Gasteiger partial charge in [0.2, 0.25) is 0 Å². The van der Waals surface area contributed by atoms with Gasteiger partial charge in [0.05, 0.1) is 10.2 Å². The number of aryl methyl sites for hydroxylation is 1. The zero-order chi connectivity index (χ0) is 16.8. The molecule has 0 aliphatic carbocycles. The van der Waals surface area contributed by atoms with Gasteiger partial charge >= 0.3 is 0 Å². The molecule has 0 bridgehead atoms. The first-order chi connectivity index (χ1) is 11.8. The first kappa shape index (κ1) is 16.9. The summed E-state index contributed by atoms with van der Waals surface area (Å²) in [5.74, 6) is 2.08. The maximum absolute atomic E-state index is 4.95. The van der Waals surface area contributed by atoms with Gasteiger partial charge < -0.3 is 4.90 Å². The van der Waals surface area contributed by atoms with E-state index in [-0.39, 0.29) is 0 Å². The minimum atomic E-state index is 0.895. The molecule has 0 saturated heterocycles. The molecule has 3 nitrogen and oxygen atoms in total. The molecular weight excluding hydrogens is 314 g/mol. The molecule has 0 N–H and O–H groups in total. The Hall–Kier alpha value is -1.94. The SMILES string of the molecule is CCCCc1nc(N(CCC)Cc2ccccc2)c2sccc2n1. The van der Waals surface area contributed by atoms with Crippen LogP contribution < -0.4 is 4.90 Å². The minimum absolute atomic E-state index is 0.895. The summed E-state index contributed by atoms with van der Waals surface area (Å²) in [6.07, 6.45) is 4.37. The van der Waals surface area contributed by atoms with Crippen LogP contribution in [0.5, 0.6) is 0 Å². The summed E-state index contributed by atoms with van der Waals surface area (Å²) in [6, 6.07) is 12.8. The van der Waals surface area contributed by atoms with E-state index in [4.69, 9.17) is 9.97 Å². The normalized spacial score (nSPS) is 11.1. The van der Waals surface area contributed by atoms with Crippen LogP contribution in [-0.4, -0.2) is 16.5 Å². The molecule has 0 amide bonds. The molecular formula is C20H25N3S. The Morgan fingerprint density at radius 1 is 1.00 bits per heavy atom.